The second kappa shape index (κ2) is 6.47. The molecule has 4 rings (SSSR count). The van der Waals surface area contributed by atoms with Crippen LogP contribution in [0.4, 0.5) is 5.69 Å². The van der Waals surface area contributed by atoms with Crippen LogP contribution >= 0.6 is 0 Å². The van der Waals surface area contributed by atoms with Crippen molar-refractivity contribution in [2.24, 2.45) is 0 Å². The molecule has 1 aliphatic rings. The van der Waals surface area contributed by atoms with E-state index in [1.54, 1.807) is 6.20 Å². The summed E-state index contributed by atoms with van der Waals surface area (Å²) in [6.45, 7) is 5.79. The number of H-pyrrole nitrogens is 1. The zero-order valence-corrected chi connectivity index (χ0v) is 14.3. The summed E-state index contributed by atoms with van der Waals surface area (Å²) in [4.78, 5) is 12.3. The van der Waals surface area contributed by atoms with Crippen molar-refractivity contribution in [1.82, 2.24) is 15.0 Å². The maximum Gasteiger partial charge on any atom is 0.179 e. The number of aryl methyl sites for hydroxylation is 2. The molecule has 1 aromatic carbocycles. The average Bonchev–Trinajstić information content (AvgIpc) is 2.99. The summed E-state index contributed by atoms with van der Waals surface area (Å²) in [6, 6.07) is 10.1. The predicted molar refractivity (Wildman–Crippen MR) is 96.1 cm³/mol. The molecule has 25 heavy (non-hydrogen) atoms. The van der Waals surface area contributed by atoms with Crippen LogP contribution in [0.3, 0.4) is 0 Å². The van der Waals surface area contributed by atoms with Crippen molar-refractivity contribution in [3.63, 3.8) is 0 Å². The number of anilines is 1. The molecular weight excluding hydrogens is 316 g/mol. The highest BCUT2D eigenvalue weighted by atomic mass is 16.6. The summed E-state index contributed by atoms with van der Waals surface area (Å²) in [5.41, 5.74) is 5.08. The van der Waals surface area contributed by atoms with Gasteiger partial charge in [0.1, 0.15) is 19.0 Å². The molecule has 0 spiro atoms. The molecule has 0 aliphatic carbocycles. The van der Waals surface area contributed by atoms with Crippen LogP contribution in [0.25, 0.3) is 11.4 Å². The van der Waals surface area contributed by atoms with Gasteiger partial charge in [-0.15, -0.1) is 0 Å². The zero-order valence-electron chi connectivity index (χ0n) is 14.3. The molecule has 128 valence electrons. The van der Waals surface area contributed by atoms with Crippen molar-refractivity contribution >= 4 is 5.69 Å². The van der Waals surface area contributed by atoms with Gasteiger partial charge in [-0.1, -0.05) is 12.1 Å². The van der Waals surface area contributed by atoms with E-state index in [2.05, 4.69) is 26.3 Å². The molecule has 3 heterocycles. The summed E-state index contributed by atoms with van der Waals surface area (Å²) < 4.78 is 11.1. The van der Waals surface area contributed by atoms with E-state index >= 15 is 0 Å². The molecule has 2 aromatic heterocycles. The van der Waals surface area contributed by atoms with Gasteiger partial charge >= 0.3 is 0 Å². The second-order valence-electron chi connectivity index (χ2n) is 6.05. The number of nitrogens with one attached hydrogen (secondary N) is 2. The summed E-state index contributed by atoms with van der Waals surface area (Å²) in [7, 11) is 0. The van der Waals surface area contributed by atoms with Gasteiger partial charge in [0.2, 0.25) is 0 Å². The Kier molecular flexibility index (Phi) is 4.01. The van der Waals surface area contributed by atoms with E-state index in [1.165, 1.54) is 0 Å². The van der Waals surface area contributed by atoms with Crippen molar-refractivity contribution < 1.29 is 9.47 Å². The molecule has 0 atom stereocenters. The first-order valence-corrected chi connectivity index (χ1v) is 8.31. The van der Waals surface area contributed by atoms with E-state index < -0.39 is 0 Å². The van der Waals surface area contributed by atoms with Crippen LogP contribution in [0.15, 0.2) is 36.5 Å². The number of hydrogen-bond acceptors (Lipinski definition) is 5. The predicted octanol–water partition coefficient (Wildman–Crippen LogP) is 3.47. The van der Waals surface area contributed by atoms with Gasteiger partial charge in [-0.3, -0.25) is 4.98 Å². The molecule has 0 saturated carbocycles. The fourth-order valence-electron chi connectivity index (χ4n) is 2.74. The minimum atomic E-state index is 0.574. The Labute approximate surface area is 146 Å². The number of aromatic nitrogens is 3. The Morgan fingerprint density at radius 1 is 1.12 bits per heavy atom. The highest BCUT2D eigenvalue weighted by Gasteiger charge is 2.12. The van der Waals surface area contributed by atoms with Gasteiger partial charge in [0.05, 0.1) is 24.1 Å². The Balaban J connectivity index is 1.49. The largest absolute Gasteiger partial charge is 0.486 e. The molecule has 3 aromatic rings. The van der Waals surface area contributed by atoms with Crippen LogP contribution in [0.1, 0.15) is 17.1 Å². The van der Waals surface area contributed by atoms with Gasteiger partial charge in [-0.2, -0.15) is 0 Å². The number of fused-ring (bicyclic) bond motifs is 1. The minimum absolute atomic E-state index is 0.574. The fraction of sp³-hybridized carbons (Fsp3) is 0.263. The molecule has 6 heteroatoms. The molecule has 0 radical (unpaired) electrons. The van der Waals surface area contributed by atoms with Gasteiger partial charge in [0, 0.05) is 23.0 Å². The minimum Gasteiger partial charge on any atom is -0.486 e. The number of ether oxygens (including phenoxy) is 2. The smallest absolute Gasteiger partial charge is 0.179 e. The Morgan fingerprint density at radius 2 is 1.96 bits per heavy atom. The van der Waals surface area contributed by atoms with Gasteiger partial charge in [-0.05, 0) is 26.0 Å². The first-order valence-electron chi connectivity index (χ1n) is 8.31. The monoisotopic (exact) mass is 336 g/mol. The lowest BCUT2D eigenvalue weighted by Gasteiger charge is -2.18. The third kappa shape index (κ3) is 3.28. The van der Waals surface area contributed by atoms with Crippen LogP contribution in [0.2, 0.25) is 0 Å². The van der Waals surface area contributed by atoms with Crippen molar-refractivity contribution in [3.8, 4) is 22.9 Å². The third-order valence-electron chi connectivity index (χ3n) is 4.22. The third-order valence-corrected chi connectivity index (χ3v) is 4.22. The first kappa shape index (κ1) is 15.5. The van der Waals surface area contributed by atoms with Gasteiger partial charge in [0.25, 0.3) is 0 Å². The van der Waals surface area contributed by atoms with Crippen molar-refractivity contribution in [3.05, 3.63) is 53.6 Å². The van der Waals surface area contributed by atoms with E-state index in [0.717, 1.165) is 39.9 Å². The number of aromatic amines is 1. The highest BCUT2D eigenvalue weighted by Crippen LogP contribution is 2.29. The van der Waals surface area contributed by atoms with Gasteiger partial charge in [-0.25, -0.2) is 4.98 Å². The summed E-state index contributed by atoms with van der Waals surface area (Å²) in [5, 5.41) is 3.40. The lowest BCUT2D eigenvalue weighted by atomic mass is 10.2. The standard InChI is InChI=1S/C19H20N4O2/c1-12-13(2)23-19(22-12)14-4-3-5-15(8-14)20-10-16-9-17-18(11-21-16)25-7-6-24-17/h3-5,8-9,11,20H,6-7,10H2,1-2H3,(H,22,23). The molecule has 0 unspecified atom stereocenters. The maximum atomic E-state index is 5.60. The van der Waals surface area contributed by atoms with E-state index in [1.807, 2.05) is 38.1 Å². The number of benzene rings is 1. The van der Waals surface area contributed by atoms with Crippen LogP contribution in [-0.2, 0) is 6.54 Å². The van der Waals surface area contributed by atoms with Crippen molar-refractivity contribution in [2.45, 2.75) is 20.4 Å². The fourth-order valence-corrected chi connectivity index (χ4v) is 2.74. The number of imidazole rings is 1. The van der Waals surface area contributed by atoms with Crippen LogP contribution < -0.4 is 14.8 Å². The van der Waals surface area contributed by atoms with Gasteiger partial charge < -0.3 is 19.8 Å². The zero-order chi connectivity index (χ0) is 17.2. The Bertz CT molecular complexity index is 885. The van der Waals surface area contributed by atoms with E-state index in [9.17, 15) is 0 Å². The number of pyridine rings is 1. The molecule has 2 N–H and O–H groups in total. The SMILES string of the molecule is Cc1nc(-c2cccc(NCc3cc4c(cn3)OCCO4)c2)[nH]c1C. The first-order chi connectivity index (χ1) is 12.2. The molecule has 0 bridgehead atoms. The average molecular weight is 336 g/mol. The topological polar surface area (TPSA) is 72.1 Å². The van der Waals surface area contributed by atoms with Crippen LogP contribution in [-0.4, -0.2) is 28.2 Å². The van der Waals surface area contributed by atoms with E-state index in [-0.39, 0.29) is 0 Å². The second-order valence-corrected chi connectivity index (χ2v) is 6.05. The number of hydrogen-bond donors (Lipinski definition) is 2. The lowest BCUT2D eigenvalue weighted by molar-refractivity contribution is 0.170. The van der Waals surface area contributed by atoms with Crippen LogP contribution in [0.5, 0.6) is 11.5 Å². The number of rotatable bonds is 4. The summed E-state index contributed by atoms with van der Waals surface area (Å²) in [6.07, 6.45) is 1.72. The van der Waals surface area contributed by atoms with Crippen LogP contribution in [0, 0.1) is 13.8 Å². The summed E-state index contributed by atoms with van der Waals surface area (Å²) >= 11 is 0. The molecule has 6 nitrogen and oxygen atoms in total. The van der Waals surface area contributed by atoms with E-state index in [4.69, 9.17) is 9.47 Å². The van der Waals surface area contributed by atoms with Gasteiger partial charge in [0.15, 0.2) is 11.5 Å². The highest BCUT2D eigenvalue weighted by molar-refractivity contribution is 5.63. The summed E-state index contributed by atoms with van der Waals surface area (Å²) in [5.74, 6) is 2.35. The quantitative estimate of drug-likeness (QED) is 0.763. The van der Waals surface area contributed by atoms with Crippen molar-refractivity contribution in [2.75, 3.05) is 18.5 Å². The van der Waals surface area contributed by atoms with Crippen molar-refractivity contribution in [1.29, 1.82) is 0 Å². The lowest BCUT2D eigenvalue weighted by Crippen LogP contribution is -2.16. The molecule has 0 amide bonds. The Hall–Kier alpha value is -3.02. The maximum absolute atomic E-state index is 5.60. The normalized spacial score (nSPS) is 12.9. The number of nitrogens with zero attached hydrogens (tertiary/aromatic N) is 2. The molecular formula is C19H20N4O2. The molecule has 0 fully saturated rings. The molecule has 1 aliphatic heterocycles. The van der Waals surface area contributed by atoms with E-state index in [0.29, 0.717) is 25.5 Å². The Morgan fingerprint density at radius 3 is 2.76 bits per heavy atom. The molecule has 0 saturated heterocycles.